The van der Waals surface area contributed by atoms with Gasteiger partial charge in [-0.05, 0) is 44.3 Å². The van der Waals surface area contributed by atoms with Gasteiger partial charge in [-0.15, -0.1) is 0 Å². The Morgan fingerprint density at radius 2 is 1.84 bits per heavy atom. The SMILES string of the molecule is CCCNc1ccc(C(=O)NCCN(C)CC)cc1. The number of nitrogens with one attached hydrogen (secondary N) is 2. The van der Waals surface area contributed by atoms with Crippen molar-refractivity contribution in [2.45, 2.75) is 20.3 Å². The Hall–Kier alpha value is -1.55. The van der Waals surface area contributed by atoms with E-state index in [1.807, 2.05) is 31.3 Å². The molecule has 0 saturated carbocycles. The molecular weight excluding hydrogens is 238 g/mol. The number of likely N-dealkylation sites (N-methyl/N-ethyl adjacent to an activating group) is 1. The molecule has 2 N–H and O–H groups in total. The standard InChI is InChI=1S/C15H25N3O/c1-4-10-16-14-8-6-13(7-9-14)15(19)17-11-12-18(3)5-2/h6-9,16H,4-5,10-12H2,1-3H3,(H,17,19). The molecule has 0 heterocycles. The summed E-state index contributed by atoms with van der Waals surface area (Å²) >= 11 is 0. The fraction of sp³-hybridized carbons (Fsp3) is 0.533. The van der Waals surface area contributed by atoms with Gasteiger partial charge in [-0.3, -0.25) is 4.79 Å². The van der Waals surface area contributed by atoms with E-state index in [2.05, 4.69) is 29.4 Å². The monoisotopic (exact) mass is 263 g/mol. The summed E-state index contributed by atoms with van der Waals surface area (Å²) < 4.78 is 0. The molecule has 0 unspecified atom stereocenters. The Balaban J connectivity index is 2.40. The minimum absolute atomic E-state index is 0.00783. The van der Waals surface area contributed by atoms with Crippen molar-refractivity contribution >= 4 is 11.6 Å². The molecule has 1 aromatic carbocycles. The van der Waals surface area contributed by atoms with Gasteiger partial charge in [0.25, 0.3) is 5.91 Å². The van der Waals surface area contributed by atoms with E-state index in [0.717, 1.165) is 31.7 Å². The van der Waals surface area contributed by atoms with Gasteiger partial charge in [-0.25, -0.2) is 0 Å². The highest BCUT2D eigenvalue weighted by atomic mass is 16.1. The van der Waals surface area contributed by atoms with Crippen LogP contribution in [0.1, 0.15) is 30.6 Å². The predicted molar refractivity (Wildman–Crippen MR) is 80.7 cm³/mol. The maximum absolute atomic E-state index is 11.9. The fourth-order valence-corrected chi connectivity index (χ4v) is 1.63. The quantitative estimate of drug-likeness (QED) is 0.755. The fourth-order valence-electron chi connectivity index (χ4n) is 1.63. The van der Waals surface area contributed by atoms with Crippen molar-refractivity contribution in [2.75, 3.05) is 38.5 Å². The molecule has 0 aromatic heterocycles. The molecule has 0 fully saturated rings. The van der Waals surface area contributed by atoms with Gasteiger partial charge in [0.15, 0.2) is 0 Å². The van der Waals surface area contributed by atoms with E-state index in [1.54, 1.807) is 0 Å². The lowest BCUT2D eigenvalue weighted by Gasteiger charge is -2.14. The van der Waals surface area contributed by atoms with Crippen LogP contribution in [0, 0.1) is 0 Å². The van der Waals surface area contributed by atoms with Crippen LogP contribution in [0.3, 0.4) is 0 Å². The number of benzene rings is 1. The van der Waals surface area contributed by atoms with Crippen LogP contribution in [0.15, 0.2) is 24.3 Å². The molecule has 1 rings (SSSR count). The minimum Gasteiger partial charge on any atom is -0.385 e. The van der Waals surface area contributed by atoms with Crippen molar-refractivity contribution < 1.29 is 4.79 Å². The van der Waals surface area contributed by atoms with Gasteiger partial charge in [0.1, 0.15) is 0 Å². The first-order chi connectivity index (χ1) is 9.17. The lowest BCUT2D eigenvalue weighted by Crippen LogP contribution is -2.32. The predicted octanol–water partition coefficient (Wildman–Crippen LogP) is 2.19. The summed E-state index contributed by atoms with van der Waals surface area (Å²) in [5.74, 6) is -0.00783. The van der Waals surface area contributed by atoms with E-state index in [0.29, 0.717) is 12.1 Å². The van der Waals surface area contributed by atoms with Crippen LogP contribution in [-0.2, 0) is 0 Å². The molecule has 19 heavy (non-hydrogen) atoms. The summed E-state index contributed by atoms with van der Waals surface area (Å²) in [7, 11) is 2.04. The summed E-state index contributed by atoms with van der Waals surface area (Å²) in [5, 5.41) is 6.21. The van der Waals surface area contributed by atoms with Crippen molar-refractivity contribution in [3.05, 3.63) is 29.8 Å². The Kier molecular flexibility index (Phi) is 6.97. The summed E-state index contributed by atoms with van der Waals surface area (Å²) in [6.07, 6.45) is 1.09. The minimum atomic E-state index is -0.00783. The van der Waals surface area contributed by atoms with Crippen LogP contribution in [-0.4, -0.2) is 44.0 Å². The highest BCUT2D eigenvalue weighted by molar-refractivity contribution is 5.94. The average molecular weight is 263 g/mol. The Morgan fingerprint density at radius 1 is 1.16 bits per heavy atom. The van der Waals surface area contributed by atoms with Gasteiger partial charge >= 0.3 is 0 Å². The summed E-state index contributed by atoms with van der Waals surface area (Å²) in [4.78, 5) is 14.1. The van der Waals surface area contributed by atoms with E-state index in [9.17, 15) is 4.79 Å². The zero-order valence-corrected chi connectivity index (χ0v) is 12.2. The number of hydrogen-bond acceptors (Lipinski definition) is 3. The highest BCUT2D eigenvalue weighted by Gasteiger charge is 2.04. The number of carbonyl (C=O) groups excluding carboxylic acids is 1. The molecule has 0 spiro atoms. The molecule has 0 radical (unpaired) electrons. The van der Waals surface area contributed by atoms with Gasteiger partial charge in [0.2, 0.25) is 0 Å². The largest absolute Gasteiger partial charge is 0.385 e. The molecule has 0 saturated heterocycles. The first-order valence-corrected chi connectivity index (χ1v) is 6.98. The zero-order valence-electron chi connectivity index (χ0n) is 12.2. The Labute approximate surface area is 116 Å². The molecule has 1 aromatic rings. The van der Waals surface area contributed by atoms with Gasteiger partial charge in [0.05, 0.1) is 0 Å². The maximum atomic E-state index is 11.9. The van der Waals surface area contributed by atoms with Crippen LogP contribution in [0.25, 0.3) is 0 Å². The zero-order chi connectivity index (χ0) is 14.1. The van der Waals surface area contributed by atoms with Crippen molar-refractivity contribution in [3.63, 3.8) is 0 Å². The average Bonchev–Trinajstić information content (AvgIpc) is 2.45. The van der Waals surface area contributed by atoms with E-state index in [-0.39, 0.29) is 5.91 Å². The van der Waals surface area contributed by atoms with E-state index >= 15 is 0 Å². The van der Waals surface area contributed by atoms with Gasteiger partial charge < -0.3 is 15.5 Å². The lowest BCUT2D eigenvalue weighted by molar-refractivity contribution is 0.0950. The second-order valence-corrected chi connectivity index (χ2v) is 4.66. The molecule has 0 aliphatic carbocycles. The van der Waals surface area contributed by atoms with Crippen molar-refractivity contribution in [1.82, 2.24) is 10.2 Å². The molecule has 4 nitrogen and oxygen atoms in total. The molecular formula is C15H25N3O. The first kappa shape index (κ1) is 15.5. The lowest BCUT2D eigenvalue weighted by atomic mass is 10.2. The second kappa shape index (κ2) is 8.53. The molecule has 0 aliphatic heterocycles. The maximum Gasteiger partial charge on any atom is 0.251 e. The topological polar surface area (TPSA) is 44.4 Å². The summed E-state index contributed by atoms with van der Waals surface area (Å²) in [5.41, 5.74) is 1.77. The number of carbonyl (C=O) groups is 1. The molecule has 0 bridgehead atoms. The second-order valence-electron chi connectivity index (χ2n) is 4.66. The van der Waals surface area contributed by atoms with Crippen LogP contribution in [0.4, 0.5) is 5.69 Å². The third-order valence-corrected chi connectivity index (χ3v) is 3.05. The third-order valence-electron chi connectivity index (χ3n) is 3.05. The molecule has 1 amide bonds. The smallest absolute Gasteiger partial charge is 0.251 e. The molecule has 4 heteroatoms. The van der Waals surface area contributed by atoms with Crippen molar-refractivity contribution in [2.24, 2.45) is 0 Å². The van der Waals surface area contributed by atoms with Crippen LogP contribution < -0.4 is 10.6 Å². The van der Waals surface area contributed by atoms with Crippen molar-refractivity contribution in [3.8, 4) is 0 Å². The van der Waals surface area contributed by atoms with E-state index < -0.39 is 0 Å². The number of hydrogen-bond donors (Lipinski definition) is 2. The summed E-state index contributed by atoms with van der Waals surface area (Å²) in [6, 6.07) is 7.61. The first-order valence-electron chi connectivity index (χ1n) is 6.98. The van der Waals surface area contributed by atoms with Crippen LogP contribution >= 0.6 is 0 Å². The van der Waals surface area contributed by atoms with Crippen molar-refractivity contribution in [1.29, 1.82) is 0 Å². The van der Waals surface area contributed by atoms with E-state index in [1.165, 1.54) is 0 Å². The number of rotatable bonds is 8. The number of amides is 1. The van der Waals surface area contributed by atoms with Gasteiger partial charge in [0, 0.05) is 30.9 Å². The normalized spacial score (nSPS) is 10.5. The number of anilines is 1. The van der Waals surface area contributed by atoms with Gasteiger partial charge in [-0.2, -0.15) is 0 Å². The summed E-state index contributed by atoms with van der Waals surface area (Å²) in [6.45, 7) is 7.73. The molecule has 0 aliphatic rings. The molecule has 0 atom stereocenters. The van der Waals surface area contributed by atoms with E-state index in [4.69, 9.17) is 0 Å². The Morgan fingerprint density at radius 3 is 2.42 bits per heavy atom. The van der Waals surface area contributed by atoms with Crippen LogP contribution in [0.2, 0.25) is 0 Å². The van der Waals surface area contributed by atoms with Gasteiger partial charge in [-0.1, -0.05) is 13.8 Å². The number of nitrogens with zero attached hydrogens (tertiary/aromatic N) is 1. The third kappa shape index (κ3) is 5.75. The highest BCUT2D eigenvalue weighted by Crippen LogP contribution is 2.09. The molecule has 106 valence electrons. The van der Waals surface area contributed by atoms with Crippen LogP contribution in [0.5, 0.6) is 0 Å². The Bertz CT molecular complexity index is 375.